The number of cyclic esters (lactones) is 1. The second kappa shape index (κ2) is 7.23. The zero-order chi connectivity index (χ0) is 18.3. The molecule has 1 aromatic rings. The van der Waals surface area contributed by atoms with Gasteiger partial charge in [-0.3, -0.25) is 4.90 Å². The molecule has 0 spiro atoms. The molecule has 8 heteroatoms. The maximum absolute atomic E-state index is 14.8. The number of aliphatic hydroxyl groups excluding tert-OH is 1. The summed E-state index contributed by atoms with van der Waals surface area (Å²) >= 11 is 1.96. The van der Waals surface area contributed by atoms with Crippen LogP contribution in [0.2, 0.25) is 0 Å². The number of anilines is 2. The molecule has 3 heterocycles. The van der Waals surface area contributed by atoms with E-state index < -0.39 is 23.8 Å². The Morgan fingerprint density at radius 2 is 1.73 bits per heavy atom. The summed E-state index contributed by atoms with van der Waals surface area (Å²) in [6.45, 7) is 1.12. The molecule has 3 aliphatic rings. The van der Waals surface area contributed by atoms with Gasteiger partial charge < -0.3 is 14.7 Å². The molecule has 0 saturated carbocycles. The summed E-state index contributed by atoms with van der Waals surface area (Å²) in [6.07, 6.45) is 0.818. The van der Waals surface area contributed by atoms with Gasteiger partial charge in [0.05, 0.1) is 18.8 Å². The van der Waals surface area contributed by atoms with Gasteiger partial charge in [-0.15, -0.1) is 0 Å². The van der Waals surface area contributed by atoms with Crippen LogP contribution in [0.3, 0.4) is 0 Å². The molecule has 0 radical (unpaired) electrons. The van der Waals surface area contributed by atoms with Crippen LogP contribution < -0.4 is 9.80 Å². The highest BCUT2D eigenvalue weighted by Crippen LogP contribution is 2.39. The van der Waals surface area contributed by atoms with Crippen LogP contribution in [0.25, 0.3) is 0 Å². The summed E-state index contributed by atoms with van der Waals surface area (Å²) in [4.78, 5) is 14.8. The highest BCUT2D eigenvalue weighted by Gasteiger charge is 2.37. The van der Waals surface area contributed by atoms with Crippen LogP contribution in [0.5, 0.6) is 0 Å². The quantitative estimate of drug-likeness (QED) is 0.869. The first kappa shape index (κ1) is 17.9. The Kier molecular flexibility index (Phi) is 4.96. The molecule has 1 aromatic carbocycles. The average Bonchev–Trinajstić information content (AvgIpc) is 3.11. The van der Waals surface area contributed by atoms with E-state index in [1.54, 1.807) is 0 Å². The molecule has 0 aromatic heterocycles. The maximum atomic E-state index is 14.8. The lowest BCUT2D eigenvalue weighted by atomic mass is 9.92. The highest BCUT2D eigenvalue weighted by atomic mass is 32.2. The van der Waals surface area contributed by atoms with E-state index in [2.05, 4.69) is 0 Å². The van der Waals surface area contributed by atoms with Crippen LogP contribution in [0.15, 0.2) is 12.1 Å². The third-order valence-electron chi connectivity index (χ3n) is 5.55. The SMILES string of the molecule is O=C1O[C@@H](CO)CN1c1cc(F)c(N2CC3CCSCCC3C2)c(F)c1. The number of fused-ring (bicyclic) bond motifs is 1. The normalized spacial score (nSPS) is 28.9. The summed E-state index contributed by atoms with van der Waals surface area (Å²) in [6, 6.07) is 2.37. The first-order valence-electron chi connectivity index (χ1n) is 8.97. The topological polar surface area (TPSA) is 53.0 Å². The fourth-order valence-electron chi connectivity index (χ4n) is 4.18. The van der Waals surface area contributed by atoms with Gasteiger partial charge in [0.15, 0.2) is 11.6 Å². The molecule has 4 rings (SSSR count). The fraction of sp³-hybridized carbons (Fsp3) is 0.611. The number of aliphatic hydroxyl groups is 1. The standard InChI is InChI=1S/C18H22F2N2O3S/c19-15-5-13(22-9-14(10-23)25-18(22)24)6-16(20)17(15)21-7-11-1-3-26-4-2-12(11)8-21/h5-6,11-12,14,23H,1-4,7-10H2/t11?,12?,14-/m1/s1. The van der Waals surface area contributed by atoms with Crippen molar-refractivity contribution in [2.75, 3.05) is 47.5 Å². The zero-order valence-corrected chi connectivity index (χ0v) is 15.2. The van der Waals surface area contributed by atoms with E-state index in [0.717, 1.165) is 29.2 Å². The first-order valence-corrected chi connectivity index (χ1v) is 10.1. The summed E-state index contributed by atoms with van der Waals surface area (Å²) in [7, 11) is 0. The second-order valence-corrected chi connectivity index (χ2v) is 8.40. The first-order chi connectivity index (χ1) is 12.6. The molecule has 3 atom stereocenters. The number of halogens is 2. The van der Waals surface area contributed by atoms with Crippen LogP contribution in [0, 0.1) is 23.5 Å². The molecular formula is C18H22F2N2O3S. The van der Waals surface area contributed by atoms with Crippen molar-refractivity contribution in [1.82, 2.24) is 0 Å². The van der Waals surface area contributed by atoms with Crippen molar-refractivity contribution >= 4 is 29.2 Å². The van der Waals surface area contributed by atoms with Gasteiger partial charge >= 0.3 is 6.09 Å². The Balaban J connectivity index is 1.56. The van der Waals surface area contributed by atoms with Gasteiger partial charge in [0.2, 0.25) is 0 Å². The van der Waals surface area contributed by atoms with Crippen LogP contribution in [0.4, 0.5) is 25.0 Å². The molecule has 2 unspecified atom stereocenters. The lowest BCUT2D eigenvalue weighted by Gasteiger charge is -2.22. The Morgan fingerprint density at radius 1 is 1.12 bits per heavy atom. The molecule has 1 amide bonds. The summed E-state index contributed by atoms with van der Waals surface area (Å²) < 4.78 is 34.5. The van der Waals surface area contributed by atoms with Crippen molar-refractivity contribution in [3.63, 3.8) is 0 Å². The minimum absolute atomic E-state index is 0.000694. The predicted octanol–water partition coefficient (Wildman–Crippen LogP) is 2.86. The number of ether oxygens (including phenoxy) is 1. The monoisotopic (exact) mass is 384 g/mol. The number of amides is 1. The minimum Gasteiger partial charge on any atom is -0.441 e. The zero-order valence-electron chi connectivity index (χ0n) is 14.4. The van der Waals surface area contributed by atoms with E-state index >= 15 is 0 Å². The number of rotatable bonds is 3. The Bertz CT molecular complexity index is 668. The van der Waals surface area contributed by atoms with E-state index in [4.69, 9.17) is 9.84 Å². The lowest BCUT2D eigenvalue weighted by Crippen LogP contribution is -2.27. The lowest BCUT2D eigenvalue weighted by molar-refractivity contribution is 0.0963. The van der Waals surface area contributed by atoms with Crippen molar-refractivity contribution in [3.8, 4) is 0 Å². The summed E-state index contributed by atoms with van der Waals surface area (Å²) in [5.74, 6) is 1.88. The number of hydrogen-bond acceptors (Lipinski definition) is 5. The molecule has 5 nitrogen and oxygen atoms in total. The Hall–Kier alpha value is -1.54. The molecule has 0 bridgehead atoms. The highest BCUT2D eigenvalue weighted by molar-refractivity contribution is 7.99. The largest absolute Gasteiger partial charge is 0.441 e. The summed E-state index contributed by atoms with van der Waals surface area (Å²) in [5.41, 5.74) is 0.121. The second-order valence-electron chi connectivity index (χ2n) is 7.17. The van der Waals surface area contributed by atoms with Crippen molar-refractivity contribution in [1.29, 1.82) is 0 Å². The molecule has 0 aliphatic carbocycles. The minimum atomic E-state index is -0.698. The molecule has 1 N–H and O–H groups in total. The van der Waals surface area contributed by atoms with Crippen LogP contribution in [0.1, 0.15) is 12.8 Å². The Labute approximate surface area is 155 Å². The van der Waals surface area contributed by atoms with E-state index in [9.17, 15) is 13.6 Å². The molecule has 142 valence electrons. The smallest absolute Gasteiger partial charge is 0.414 e. The van der Waals surface area contributed by atoms with Crippen molar-refractivity contribution < 1.29 is 23.4 Å². The van der Waals surface area contributed by atoms with E-state index in [1.807, 2.05) is 16.7 Å². The van der Waals surface area contributed by atoms with Gasteiger partial charge in [0.25, 0.3) is 0 Å². The molecule has 3 fully saturated rings. The predicted molar refractivity (Wildman–Crippen MR) is 96.8 cm³/mol. The molecule has 3 aliphatic heterocycles. The number of thioether (sulfide) groups is 1. The number of hydrogen-bond donors (Lipinski definition) is 1. The van der Waals surface area contributed by atoms with Gasteiger partial charge in [0, 0.05) is 25.2 Å². The fourth-order valence-corrected chi connectivity index (χ4v) is 5.33. The Morgan fingerprint density at radius 3 is 2.27 bits per heavy atom. The van der Waals surface area contributed by atoms with Crippen LogP contribution in [-0.2, 0) is 4.74 Å². The molecule has 3 saturated heterocycles. The van der Waals surface area contributed by atoms with Crippen molar-refractivity contribution in [2.45, 2.75) is 18.9 Å². The van der Waals surface area contributed by atoms with Crippen molar-refractivity contribution in [3.05, 3.63) is 23.8 Å². The van der Waals surface area contributed by atoms with Gasteiger partial charge in [-0.25, -0.2) is 13.6 Å². The third-order valence-corrected chi connectivity index (χ3v) is 6.60. The van der Waals surface area contributed by atoms with E-state index in [0.29, 0.717) is 24.9 Å². The van der Waals surface area contributed by atoms with Gasteiger partial charge in [-0.05, 0) is 36.2 Å². The van der Waals surface area contributed by atoms with E-state index in [-0.39, 0.29) is 24.5 Å². The molecule has 26 heavy (non-hydrogen) atoms. The average molecular weight is 384 g/mol. The van der Waals surface area contributed by atoms with Crippen LogP contribution in [-0.4, -0.2) is 55.1 Å². The maximum Gasteiger partial charge on any atom is 0.414 e. The number of carbonyl (C=O) groups excluding carboxylic acids is 1. The van der Waals surface area contributed by atoms with Crippen LogP contribution >= 0.6 is 11.8 Å². The number of carbonyl (C=O) groups is 1. The van der Waals surface area contributed by atoms with Gasteiger partial charge in [-0.2, -0.15) is 11.8 Å². The number of nitrogens with zero attached hydrogens (tertiary/aromatic N) is 2. The van der Waals surface area contributed by atoms with E-state index in [1.165, 1.54) is 12.1 Å². The summed E-state index contributed by atoms with van der Waals surface area (Å²) in [5, 5.41) is 9.11. The van der Waals surface area contributed by atoms with Gasteiger partial charge in [0.1, 0.15) is 11.8 Å². The molecular weight excluding hydrogens is 362 g/mol. The van der Waals surface area contributed by atoms with Crippen molar-refractivity contribution in [2.24, 2.45) is 11.8 Å². The third kappa shape index (κ3) is 3.24. The van der Waals surface area contributed by atoms with Gasteiger partial charge in [-0.1, -0.05) is 0 Å². The number of benzene rings is 1.